The maximum absolute atomic E-state index is 11.1. The van der Waals surface area contributed by atoms with Crippen LogP contribution < -0.4 is 20.7 Å². The number of rotatable bonds is 13. The first-order valence-electron chi connectivity index (χ1n) is 9.25. The summed E-state index contributed by atoms with van der Waals surface area (Å²) in [5.41, 5.74) is 0.718. The molecule has 0 aromatic heterocycles. The molecule has 1 aromatic rings. The molecule has 0 bridgehead atoms. The highest BCUT2D eigenvalue weighted by molar-refractivity contribution is 5.88. The summed E-state index contributed by atoms with van der Waals surface area (Å²) in [6.45, 7) is 7.95. The quantitative estimate of drug-likeness (QED) is 0.274. The van der Waals surface area contributed by atoms with Gasteiger partial charge in [-0.05, 0) is 25.5 Å². The molecule has 0 heterocycles. The average molecular weight is 380 g/mol. The van der Waals surface area contributed by atoms with Crippen molar-refractivity contribution in [2.24, 2.45) is 4.99 Å². The molecule has 0 aliphatic rings. The average Bonchev–Trinajstić information content (AvgIpc) is 2.64. The molecule has 3 N–H and O–H groups in total. The number of ether oxygens (including phenoxy) is 3. The topological polar surface area (TPSA) is 93.2 Å². The van der Waals surface area contributed by atoms with E-state index in [1.54, 1.807) is 13.2 Å². The second kappa shape index (κ2) is 14.8. The number of guanidine groups is 1. The van der Waals surface area contributed by atoms with Crippen LogP contribution in [-0.4, -0.2) is 65.0 Å². The minimum Gasteiger partial charge on any atom is -0.492 e. The lowest BCUT2D eigenvalue weighted by Crippen LogP contribution is -2.39. The highest BCUT2D eigenvalue weighted by Crippen LogP contribution is 2.16. The first-order chi connectivity index (χ1) is 13.2. The van der Waals surface area contributed by atoms with Crippen LogP contribution in [-0.2, 0) is 14.3 Å². The van der Waals surface area contributed by atoms with Gasteiger partial charge in [-0.3, -0.25) is 9.79 Å². The summed E-state index contributed by atoms with van der Waals surface area (Å²) in [6.07, 6.45) is 0.854. The van der Waals surface area contributed by atoms with Gasteiger partial charge in [0.05, 0.1) is 19.8 Å². The zero-order chi connectivity index (χ0) is 19.7. The molecule has 0 unspecified atom stereocenters. The molecule has 1 aromatic carbocycles. The van der Waals surface area contributed by atoms with Crippen molar-refractivity contribution in [2.45, 2.75) is 20.3 Å². The van der Waals surface area contributed by atoms with Crippen LogP contribution in [0.1, 0.15) is 20.3 Å². The summed E-state index contributed by atoms with van der Waals surface area (Å²) in [5, 5.41) is 9.16. The van der Waals surface area contributed by atoms with Crippen LogP contribution in [0, 0.1) is 0 Å². The smallest absolute Gasteiger partial charge is 0.221 e. The van der Waals surface area contributed by atoms with Gasteiger partial charge in [0.1, 0.15) is 12.4 Å². The molecule has 1 amide bonds. The van der Waals surface area contributed by atoms with Crippen LogP contribution in [0.4, 0.5) is 5.69 Å². The molecular formula is C19H32N4O4. The number of carbonyl (C=O) groups excluding carboxylic acids is 1. The second-order valence-corrected chi connectivity index (χ2v) is 5.70. The number of hydrogen-bond donors (Lipinski definition) is 3. The van der Waals surface area contributed by atoms with E-state index in [1.165, 1.54) is 6.92 Å². The number of amides is 1. The molecule has 152 valence electrons. The minimum absolute atomic E-state index is 0.107. The van der Waals surface area contributed by atoms with Crippen LogP contribution in [0.2, 0.25) is 0 Å². The van der Waals surface area contributed by atoms with Gasteiger partial charge >= 0.3 is 0 Å². The van der Waals surface area contributed by atoms with Gasteiger partial charge in [0.2, 0.25) is 5.91 Å². The normalized spacial score (nSPS) is 11.1. The molecule has 0 atom stereocenters. The van der Waals surface area contributed by atoms with Crippen molar-refractivity contribution in [3.63, 3.8) is 0 Å². The monoisotopic (exact) mass is 380 g/mol. The molecule has 0 radical (unpaired) electrons. The highest BCUT2D eigenvalue weighted by atomic mass is 16.5. The van der Waals surface area contributed by atoms with E-state index in [-0.39, 0.29) is 5.91 Å². The Morgan fingerprint density at radius 1 is 1.15 bits per heavy atom. The van der Waals surface area contributed by atoms with Crippen molar-refractivity contribution in [3.05, 3.63) is 24.3 Å². The van der Waals surface area contributed by atoms with Gasteiger partial charge < -0.3 is 30.2 Å². The molecule has 0 spiro atoms. The van der Waals surface area contributed by atoms with E-state index in [9.17, 15) is 4.79 Å². The Bertz CT molecular complexity index is 566. The molecule has 0 saturated heterocycles. The van der Waals surface area contributed by atoms with Crippen molar-refractivity contribution in [2.75, 3.05) is 58.5 Å². The molecule has 0 fully saturated rings. The zero-order valence-corrected chi connectivity index (χ0v) is 16.5. The van der Waals surface area contributed by atoms with Gasteiger partial charge in [-0.15, -0.1) is 0 Å². The van der Waals surface area contributed by atoms with E-state index in [0.29, 0.717) is 45.3 Å². The third-order valence-corrected chi connectivity index (χ3v) is 3.31. The van der Waals surface area contributed by atoms with Crippen LogP contribution in [0.25, 0.3) is 0 Å². The summed E-state index contributed by atoms with van der Waals surface area (Å²) in [4.78, 5) is 15.6. The Balaban J connectivity index is 2.27. The molecule has 0 aliphatic heterocycles. The molecule has 8 heteroatoms. The Labute approximate surface area is 161 Å². The van der Waals surface area contributed by atoms with Gasteiger partial charge in [0, 0.05) is 45.5 Å². The van der Waals surface area contributed by atoms with Gasteiger partial charge in [-0.2, -0.15) is 0 Å². The van der Waals surface area contributed by atoms with Crippen molar-refractivity contribution in [1.29, 1.82) is 0 Å². The van der Waals surface area contributed by atoms with Crippen molar-refractivity contribution in [1.82, 2.24) is 10.6 Å². The Hall–Kier alpha value is -2.32. The van der Waals surface area contributed by atoms with Crippen molar-refractivity contribution < 1.29 is 19.0 Å². The molecule has 0 aliphatic carbocycles. The molecular weight excluding hydrogens is 348 g/mol. The molecule has 1 rings (SSSR count). The predicted octanol–water partition coefficient (Wildman–Crippen LogP) is 1.63. The van der Waals surface area contributed by atoms with Gasteiger partial charge in [0.15, 0.2) is 5.96 Å². The number of nitrogens with zero attached hydrogens (tertiary/aromatic N) is 1. The van der Waals surface area contributed by atoms with E-state index in [1.807, 2.05) is 25.1 Å². The van der Waals surface area contributed by atoms with Crippen LogP contribution in [0.15, 0.2) is 29.3 Å². The number of methoxy groups -OCH3 is 1. The Kier molecular flexibility index (Phi) is 12.5. The first kappa shape index (κ1) is 22.7. The number of anilines is 1. The Morgan fingerprint density at radius 2 is 2.00 bits per heavy atom. The number of carbonyl (C=O) groups is 1. The first-order valence-corrected chi connectivity index (χ1v) is 9.25. The minimum atomic E-state index is -0.107. The Morgan fingerprint density at radius 3 is 2.74 bits per heavy atom. The van der Waals surface area contributed by atoms with E-state index in [0.717, 1.165) is 24.6 Å². The number of aliphatic imine (C=N–C) groups is 1. The maximum atomic E-state index is 11.1. The van der Waals surface area contributed by atoms with Gasteiger partial charge in [-0.1, -0.05) is 6.07 Å². The number of benzene rings is 1. The van der Waals surface area contributed by atoms with Crippen LogP contribution in [0.5, 0.6) is 5.75 Å². The summed E-state index contributed by atoms with van der Waals surface area (Å²) in [7, 11) is 1.66. The third-order valence-electron chi connectivity index (χ3n) is 3.31. The second-order valence-electron chi connectivity index (χ2n) is 5.70. The van der Waals surface area contributed by atoms with Crippen molar-refractivity contribution >= 4 is 17.6 Å². The van der Waals surface area contributed by atoms with E-state index >= 15 is 0 Å². The lowest BCUT2D eigenvalue weighted by molar-refractivity contribution is -0.114. The zero-order valence-electron chi connectivity index (χ0n) is 16.5. The van der Waals surface area contributed by atoms with E-state index in [2.05, 4.69) is 20.9 Å². The van der Waals surface area contributed by atoms with E-state index in [4.69, 9.17) is 14.2 Å². The van der Waals surface area contributed by atoms with Crippen LogP contribution in [0.3, 0.4) is 0 Å². The highest BCUT2D eigenvalue weighted by Gasteiger charge is 2.00. The predicted molar refractivity (Wildman–Crippen MR) is 108 cm³/mol. The summed E-state index contributed by atoms with van der Waals surface area (Å²) < 4.78 is 16.1. The fourth-order valence-corrected chi connectivity index (χ4v) is 2.15. The molecule has 8 nitrogen and oxygen atoms in total. The SMILES string of the molecule is CCNC(=NCCCOCCOC)NCCOc1cccc(NC(C)=O)c1. The summed E-state index contributed by atoms with van der Waals surface area (Å²) >= 11 is 0. The van der Waals surface area contributed by atoms with E-state index < -0.39 is 0 Å². The molecule has 0 saturated carbocycles. The fraction of sp³-hybridized carbons (Fsp3) is 0.579. The van der Waals surface area contributed by atoms with Gasteiger partial charge in [-0.25, -0.2) is 0 Å². The lowest BCUT2D eigenvalue weighted by atomic mass is 10.3. The molecule has 27 heavy (non-hydrogen) atoms. The lowest BCUT2D eigenvalue weighted by Gasteiger charge is -2.12. The van der Waals surface area contributed by atoms with Crippen LogP contribution >= 0.6 is 0 Å². The largest absolute Gasteiger partial charge is 0.492 e. The third kappa shape index (κ3) is 11.8. The fourth-order valence-electron chi connectivity index (χ4n) is 2.15. The number of nitrogens with one attached hydrogen (secondary N) is 3. The van der Waals surface area contributed by atoms with Gasteiger partial charge in [0.25, 0.3) is 0 Å². The number of hydrogen-bond acceptors (Lipinski definition) is 5. The summed E-state index contributed by atoms with van der Waals surface area (Å²) in [5.74, 6) is 1.35. The van der Waals surface area contributed by atoms with Crippen molar-refractivity contribution in [3.8, 4) is 5.75 Å². The standard InChI is InChI=1S/C19H32N4O4/c1-4-20-19(21-9-6-11-26-14-13-25-3)22-10-12-27-18-8-5-7-17(15-18)23-16(2)24/h5,7-8,15H,4,6,9-14H2,1-3H3,(H,23,24)(H2,20,21,22). The maximum Gasteiger partial charge on any atom is 0.221 e. The summed E-state index contributed by atoms with van der Waals surface area (Å²) in [6, 6.07) is 7.31.